The summed E-state index contributed by atoms with van der Waals surface area (Å²) in [5, 5.41) is 13.2. The Kier molecular flexibility index (Phi) is 2.89. The van der Waals surface area contributed by atoms with E-state index in [0.717, 1.165) is 0 Å². The van der Waals surface area contributed by atoms with Crippen LogP contribution >= 0.6 is 0 Å². The highest BCUT2D eigenvalue weighted by Crippen LogP contribution is 2.11. The van der Waals surface area contributed by atoms with Crippen LogP contribution in [0.1, 0.15) is 0 Å². The first-order chi connectivity index (χ1) is 4.36. The number of nitrogens with zero attached hydrogens (tertiary/aromatic N) is 3. The van der Waals surface area contributed by atoms with Crippen molar-refractivity contribution in [2.24, 2.45) is 0 Å². The second kappa shape index (κ2) is 3.05. The number of rotatable bonds is 3. The van der Waals surface area contributed by atoms with Crippen LogP contribution in [0.15, 0.2) is 0 Å². The minimum atomic E-state index is -3.94. The van der Waals surface area contributed by atoms with E-state index in [9.17, 15) is 23.1 Å². The molecule has 0 aromatic rings. The summed E-state index contributed by atoms with van der Waals surface area (Å²) in [7, 11) is 0. The van der Waals surface area contributed by atoms with Crippen molar-refractivity contribution in [3.05, 3.63) is 5.21 Å². The average Bonchev–Trinajstić information content (AvgIpc) is 1.60. The van der Waals surface area contributed by atoms with E-state index in [4.69, 9.17) is 5.21 Å². The lowest BCUT2D eigenvalue weighted by Crippen LogP contribution is -2.47. The Morgan fingerprint density at radius 3 is 1.80 bits per heavy atom. The predicted octanol–water partition coefficient (Wildman–Crippen LogP) is 0.594. The molecular formula is HF4N3O3. The van der Waals surface area contributed by atoms with Gasteiger partial charge in [0.05, 0.1) is 5.08 Å². The Morgan fingerprint density at radius 2 is 1.70 bits per heavy atom. The molecule has 0 aromatic heterocycles. The van der Waals surface area contributed by atoms with Crippen LogP contribution in [0.4, 0.5) is 17.9 Å². The minimum Gasteiger partial charge on any atom is -0.537 e. The number of hydrogen-bond donors (Lipinski definition) is 1. The van der Waals surface area contributed by atoms with Crippen molar-refractivity contribution < 1.29 is 33.2 Å². The maximum atomic E-state index is 10.9. The van der Waals surface area contributed by atoms with Gasteiger partial charge in [0, 0.05) is 4.94 Å². The van der Waals surface area contributed by atoms with Crippen molar-refractivity contribution in [1.82, 2.24) is 11.0 Å². The van der Waals surface area contributed by atoms with Crippen LogP contribution in [-0.2, 0) is 4.94 Å². The van der Waals surface area contributed by atoms with Gasteiger partial charge in [-0.15, -0.1) is 0 Å². The minimum absolute atomic E-state index is 2.31. The van der Waals surface area contributed by atoms with E-state index in [2.05, 4.69) is 4.94 Å². The first-order valence-corrected chi connectivity index (χ1v) is 1.62. The van der Waals surface area contributed by atoms with E-state index < -0.39 is 16.0 Å². The molecule has 0 radical (unpaired) electrons. The van der Waals surface area contributed by atoms with Crippen LogP contribution in [0.2, 0.25) is 0 Å². The van der Waals surface area contributed by atoms with Crippen LogP contribution in [0.25, 0.3) is 0 Å². The summed E-state index contributed by atoms with van der Waals surface area (Å²) in [6.07, 6.45) is 0. The fourth-order valence-corrected chi connectivity index (χ4v) is 0.108. The molecule has 0 aromatic carbocycles. The summed E-state index contributed by atoms with van der Waals surface area (Å²) in [4.78, 5) is 2.31. The molecule has 6 nitrogen and oxygen atoms in total. The van der Waals surface area contributed by atoms with Crippen molar-refractivity contribution in [2.45, 2.75) is 0 Å². The third-order valence-corrected chi connectivity index (χ3v) is 0.359. The molecule has 1 atom stereocenters. The van der Waals surface area contributed by atoms with Crippen molar-refractivity contribution in [3.8, 4) is 0 Å². The van der Waals surface area contributed by atoms with Gasteiger partial charge in [-0.05, 0) is 8.96 Å². The highest BCUT2D eigenvalue weighted by atomic mass is 19.4. The normalized spacial score (nSPS) is 18.0. The zero-order chi connectivity index (χ0) is 8.36. The molecular weight excluding hydrogens is 166 g/mol. The Labute approximate surface area is 50.8 Å². The first kappa shape index (κ1) is 9.48. The first-order valence-electron chi connectivity index (χ1n) is 1.62. The summed E-state index contributed by atoms with van der Waals surface area (Å²) in [5.41, 5.74) is -4.88. The number of hydrogen-bond acceptors (Lipinski definition) is 5. The van der Waals surface area contributed by atoms with Crippen LogP contribution in [0, 0.1) is 5.21 Å². The molecule has 0 rings (SSSR count). The molecule has 0 amide bonds. The second-order valence-electron chi connectivity index (χ2n) is 0.989. The Hall–Kier alpha value is -0.520. The SMILES string of the molecule is [O-][N+](O)(ON(F)F)N(F)F. The number of halogens is 4. The molecule has 10 heteroatoms. The second-order valence-corrected chi connectivity index (χ2v) is 0.989. The maximum absolute atomic E-state index is 10.9. The van der Waals surface area contributed by atoms with E-state index in [1.807, 2.05) is 0 Å². The quantitative estimate of drug-likeness (QED) is 0.288. The van der Waals surface area contributed by atoms with Crippen LogP contribution in [0.3, 0.4) is 0 Å². The summed E-state index contributed by atoms with van der Waals surface area (Å²) in [6, 6.07) is 0. The summed E-state index contributed by atoms with van der Waals surface area (Å²) in [5.74, 6) is 0. The van der Waals surface area contributed by atoms with Gasteiger partial charge in [0.15, 0.2) is 0 Å². The third-order valence-electron chi connectivity index (χ3n) is 0.359. The van der Waals surface area contributed by atoms with Crippen molar-refractivity contribution in [1.29, 1.82) is 0 Å². The van der Waals surface area contributed by atoms with Gasteiger partial charge in [0.25, 0.3) is 5.45 Å². The van der Waals surface area contributed by atoms with Gasteiger partial charge in [-0.3, -0.25) is 0 Å². The summed E-state index contributed by atoms with van der Waals surface area (Å²) in [6.45, 7) is 0. The van der Waals surface area contributed by atoms with E-state index in [-0.39, 0.29) is 0 Å². The zero-order valence-corrected chi connectivity index (χ0v) is 4.12. The van der Waals surface area contributed by atoms with E-state index in [0.29, 0.717) is 0 Å². The molecule has 0 saturated heterocycles. The number of quaternary nitrogens is 1. The van der Waals surface area contributed by atoms with Crippen molar-refractivity contribution >= 4 is 0 Å². The lowest BCUT2D eigenvalue weighted by atomic mass is 12.4. The third kappa shape index (κ3) is 2.86. The van der Waals surface area contributed by atoms with Gasteiger partial charge >= 0.3 is 0 Å². The largest absolute Gasteiger partial charge is 0.537 e. The molecule has 10 heavy (non-hydrogen) atoms. The monoisotopic (exact) mass is 167 g/mol. The predicted molar refractivity (Wildman–Crippen MR) is 14.6 cm³/mol. The molecule has 0 heterocycles. The van der Waals surface area contributed by atoms with E-state index >= 15 is 0 Å². The van der Waals surface area contributed by atoms with Gasteiger partial charge in [0.2, 0.25) is 5.51 Å². The Morgan fingerprint density at radius 1 is 1.30 bits per heavy atom. The van der Waals surface area contributed by atoms with Crippen LogP contribution < -0.4 is 0 Å². The lowest BCUT2D eigenvalue weighted by Gasteiger charge is -2.23. The highest BCUT2D eigenvalue weighted by Gasteiger charge is 2.33. The molecule has 1 N–H and O–H groups in total. The fraction of sp³-hybridized carbons (Fsp3) is 0. The Bertz CT molecular complexity index is 104. The molecule has 1 unspecified atom stereocenters. The van der Waals surface area contributed by atoms with Gasteiger partial charge in [-0.1, -0.05) is 8.96 Å². The molecule has 0 spiro atoms. The molecule has 0 saturated carbocycles. The standard InChI is InChI=1S/F4HN3O3/c1-5(2)7(8,9)10-6(3)4/h8H. The van der Waals surface area contributed by atoms with Gasteiger partial charge in [-0.25, -0.2) is 0 Å². The zero-order valence-electron chi connectivity index (χ0n) is 4.12. The van der Waals surface area contributed by atoms with Crippen LogP contribution in [-0.4, -0.2) is 21.2 Å². The highest BCUT2D eigenvalue weighted by molar-refractivity contribution is 3.87. The molecule has 0 fully saturated rings. The Balaban J connectivity index is 3.87. The van der Waals surface area contributed by atoms with Crippen molar-refractivity contribution in [3.63, 3.8) is 0 Å². The van der Waals surface area contributed by atoms with E-state index in [1.54, 1.807) is 0 Å². The molecule has 0 aliphatic heterocycles. The van der Waals surface area contributed by atoms with Gasteiger partial charge in [-0.2, -0.15) is 5.21 Å². The van der Waals surface area contributed by atoms with Crippen LogP contribution in [0.5, 0.6) is 0 Å². The molecule has 0 aliphatic carbocycles. The van der Waals surface area contributed by atoms with Gasteiger partial charge in [0.1, 0.15) is 0 Å². The van der Waals surface area contributed by atoms with E-state index in [1.165, 1.54) is 0 Å². The lowest BCUT2D eigenvalue weighted by molar-refractivity contribution is -1.34. The topological polar surface area (TPSA) is 59.0 Å². The summed E-state index contributed by atoms with van der Waals surface area (Å²) < 4.78 is 43.4. The molecule has 0 bridgehead atoms. The average molecular weight is 167 g/mol. The maximum Gasteiger partial charge on any atom is 0.273 e. The fourth-order valence-electron chi connectivity index (χ4n) is 0.108. The molecule has 0 aliphatic rings. The smallest absolute Gasteiger partial charge is 0.273 e. The molecule has 62 valence electrons. The van der Waals surface area contributed by atoms with Crippen molar-refractivity contribution in [2.75, 3.05) is 0 Å². The summed E-state index contributed by atoms with van der Waals surface area (Å²) >= 11 is 0. The van der Waals surface area contributed by atoms with Gasteiger partial charge < -0.3 is 5.21 Å².